The summed E-state index contributed by atoms with van der Waals surface area (Å²) in [5.41, 5.74) is 7.50. The van der Waals surface area contributed by atoms with Crippen LogP contribution >= 0.6 is 69.6 Å². The van der Waals surface area contributed by atoms with Crippen molar-refractivity contribution in [3.8, 4) is 0 Å². The second kappa shape index (κ2) is 43.8. The Labute approximate surface area is 689 Å². The molecule has 3 amide bonds. The summed E-state index contributed by atoms with van der Waals surface area (Å²) in [5, 5.41) is 11.9. The molecule has 0 aliphatic carbocycles. The van der Waals surface area contributed by atoms with Gasteiger partial charge in [-0.1, -0.05) is 106 Å². The van der Waals surface area contributed by atoms with Crippen LogP contribution in [0.5, 0.6) is 0 Å². The Balaban J connectivity index is 0.668. The first-order chi connectivity index (χ1) is 53.5. The fourth-order valence-corrected chi connectivity index (χ4v) is 19.1. The maximum atomic E-state index is 13.4. The molecule has 6 N–H and O–H groups in total. The summed E-state index contributed by atoms with van der Waals surface area (Å²) >= 11 is 38.9. The first-order valence-electron chi connectivity index (χ1n) is 37.2. The number of hydrogen-bond donors (Lipinski definition) is 6. The first-order valence-corrected chi connectivity index (χ1v) is 43.9. The van der Waals surface area contributed by atoms with Gasteiger partial charge in [0.2, 0.25) is 47.8 Å². The van der Waals surface area contributed by atoms with Gasteiger partial charge >= 0.3 is 0 Å². The Morgan fingerprint density at radius 3 is 0.911 bits per heavy atom. The highest BCUT2D eigenvalue weighted by Gasteiger charge is 2.36. The lowest BCUT2D eigenvalue weighted by Gasteiger charge is -2.40. The molecule has 112 heavy (non-hydrogen) atoms. The molecule has 3 heterocycles. The van der Waals surface area contributed by atoms with Crippen molar-refractivity contribution in [2.24, 2.45) is 0 Å². The van der Waals surface area contributed by atoms with Crippen molar-refractivity contribution in [1.82, 2.24) is 49.7 Å². The minimum absolute atomic E-state index is 0.0247. The van der Waals surface area contributed by atoms with Crippen molar-refractivity contribution in [3.63, 3.8) is 0 Å². The Morgan fingerprint density at radius 2 is 0.652 bits per heavy atom. The van der Waals surface area contributed by atoms with Crippen molar-refractivity contribution >= 4 is 117 Å². The van der Waals surface area contributed by atoms with Crippen LogP contribution in [-0.4, -0.2) is 242 Å². The molecular formula is C78H102Cl6N10O15S3. The third kappa shape index (κ3) is 26.9. The molecule has 0 fully saturated rings. The molecular weight excluding hydrogens is 1630 g/mol. The quantitative estimate of drug-likeness (QED) is 0.0194. The molecule has 6 aromatic rings. The van der Waals surface area contributed by atoms with Crippen LogP contribution in [0.15, 0.2) is 124 Å². The van der Waals surface area contributed by atoms with E-state index in [1.807, 2.05) is 76.5 Å². The highest BCUT2D eigenvalue weighted by Crippen LogP contribution is 2.43. The summed E-state index contributed by atoms with van der Waals surface area (Å²) in [6.07, 6.45) is 1.16. The number of amides is 3. The van der Waals surface area contributed by atoms with Gasteiger partial charge in [-0.15, -0.1) is 0 Å². The number of hydrogen-bond acceptors (Lipinski definition) is 19. The zero-order chi connectivity index (χ0) is 80.6. The van der Waals surface area contributed by atoms with Crippen LogP contribution in [0.2, 0.25) is 30.1 Å². The fraction of sp³-hybridized carbons (Fsp3) is 0.500. The second-order valence-corrected chi connectivity index (χ2v) is 36.2. The Hall–Kier alpha value is -5.20. The summed E-state index contributed by atoms with van der Waals surface area (Å²) in [7, 11) is -1.96. The van der Waals surface area contributed by atoms with Crippen LogP contribution in [0.1, 0.15) is 106 Å². The lowest BCUT2D eigenvalue weighted by Crippen LogP contribution is -2.47. The fourth-order valence-electron chi connectivity index (χ4n) is 14.2. The van der Waals surface area contributed by atoms with Crippen LogP contribution in [0, 0.1) is 0 Å². The smallest absolute Gasteiger partial charge is 0.240 e. The topological polar surface area (TPSA) is 294 Å². The van der Waals surface area contributed by atoms with Crippen LogP contribution in [0.25, 0.3) is 0 Å². The maximum Gasteiger partial charge on any atom is 0.240 e. The zero-order valence-corrected chi connectivity index (χ0v) is 70.7. The average Bonchev–Trinajstić information content (AvgIpc) is 0.780. The van der Waals surface area contributed by atoms with E-state index in [1.54, 1.807) is 72.8 Å². The predicted octanol–water partition coefficient (Wildman–Crippen LogP) is 9.66. The van der Waals surface area contributed by atoms with E-state index < -0.39 is 35.6 Å². The number of nitrogens with zero attached hydrogens (tertiary/aromatic N) is 4. The molecule has 34 heteroatoms. The normalized spacial score (nSPS) is 16.4. The van der Waals surface area contributed by atoms with E-state index in [0.29, 0.717) is 88.7 Å². The SMILES string of the molecule is CN1Cc2c(Cl)cc(Cl)cc2C(c2cccc(S(=O)(=O)NCCOCCOCCNC(=O)CCC(CCC(=O)NCCOCCOCCNS(=O)(=O)c3cccc([C@@H]4CN(C)Cc5c(Cl)cc(Cl)cc54)c3)(CCC(=O)NCCOCCOCCNS(=O)(=O)c3cccc([C@@H]4CN(C)Cc5c(Cl)cc(Cl)cc54)c3)N(C)C)c2)C1. The van der Waals surface area contributed by atoms with E-state index >= 15 is 0 Å². The monoisotopic (exact) mass is 1720 g/mol. The van der Waals surface area contributed by atoms with Gasteiger partial charge < -0.3 is 64.0 Å². The molecule has 3 aliphatic rings. The summed E-state index contributed by atoms with van der Waals surface area (Å²) < 4.78 is 122. The highest BCUT2D eigenvalue weighted by atomic mass is 35.5. The van der Waals surface area contributed by atoms with Gasteiger partial charge in [0.05, 0.1) is 94.0 Å². The van der Waals surface area contributed by atoms with Crippen molar-refractivity contribution in [3.05, 3.63) is 189 Å². The molecule has 0 radical (unpaired) electrons. The van der Waals surface area contributed by atoms with Gasteiger partial charge in [0.25, 0.3) is 0 Å². The zero-order valence-electron chi connectivity index (χ0n) is 63.7. The molecule has 25 nitrogen and oxygen atoms in total. The number of halogens is 6. The maximum absolute atomic E-state index is 13.4. The van der Waals surface area contributed by atoms with Crippen molar-refractivity contribution in [2.45, 2.75) is 96.1 Å². The molecule has 6 aromatic carbocycles. The molecule has 0 spiro atoms. The third-order valence-electron chi connectivity index (χ3n) is 20.0. The molecule has 0 saturated carbocycles. The Kier molecular flexibility index (Phi) is 35.5. The van der Waals surface area contributed by atoms with Crippen LogP contribution in [0.4, 0.5) is 0 Å². The van der Waals surface area contributed by atoms with Gasteiger partial charge in [0.1, 0.15) is 0 Å². The molecule has 614 valence electrons. The molecule has 0 aromatic heterocycles. The third-order valence-corrected chi connectivity index (χ3v) is 26.1. The summed E-state index contributed by atoms with van der Waals surface area (Å²) in [4.78, 5) is 49.0. The predicted molar refractivity (Wildman–Crippen MR) is 437 cm³/mol. The first kappa shape index (κ1) is 90.7. The van der Waals surface area contributed by atoms with E-state index in [0.717, 1.165) is 50.1 Å². The van der Waals surface area contributed by atoms with E-state index in [-0.39, 0.29) is 188 Å². The van der Waals surface area contributed by atoms with Gasteiger partial charge in [-0.3, -0.25) is 14.4 Å². The highest BCUT2D eigenvalue weighted by molar-refractivity contribution is 7.90. The van der Waals surface area contributed by atoms with Crippen molar-refractivity contribution < 1.29 is 68.1 Å². The van der Waals surface area contributed by atoms with E-state index in [1.165, 1.54) is 0 Å². The van der Waals surface area contributed by atoms with Crippen molar-refractivity contribution in [2.75, 3.05) is 173 Å². The molecule has 0 saturated heterocycles. The Morgan fingerprint density at radius 1 is 0.393 bits per heavy atom. The van der Waals surface area contributed by atoms with Crippen molar-refractivity contribution in [1.29, 1.82) is 0 Å². The number of fused-ring (bicyclic) bond motifs is 3. The summed E-state index contributed by atoms with van der Waals surface area (Å²) in [6.45, 7) is 6.52. The van der Waals surface area contributed by atoms with Crippen LogP contribution < -0.4 is 30.1 Å². The van der Waals surface area contributed by atoms with Gasteiger partial charge in [-0.05, 0) is 177 Å². The van der Waals surface area contributed by atoms with E-state index in [2.05, 4.69) is 44.8 Å². The minimum atomic E-state index is -3.88. The van der Waals surface area contributed by atoms with Crippen LogP contribution in [0.3, 0.4) is 0 Å². The number of rotatable bonds is 46. The van der Waals surface area contributed by atoms with Gasteiger partial charge in [-0.25, -0.2) is 39.4 Å². The number of carbonyl (C=O) groups is 3. The summed E-state index contributed by atoms with van der Waals surface area (Å²) in [6, 6.07) is 31.4. The number of carbonyl (C=O) groups excluding carboxylic acids is 3. The number of sulfonamides is 3. The Bertz CT molecular complexity index is 4080. The number of benzene rings is 6. The molecule has 0 bridgehead atoms. The summed E-state index contributed by atoms with van der Waals surface area (Å²) in [5.74, 6) is -1.17. The molecule has 3 aliphatic heterocycles. The minimum Gasteiger partial charge on any atom is -0.378 e. The lowest BCUT2D eigenvalue weighted by molar-refractivity contribution is -0.122. The standard InChI is InChI=1S/C78H102Cl6N10O15S3/c1-91(2)78(18-15-75(95)85-21-27-104-33-36-107-30-24-88-110(98,99)60-12-6-9-54(39-60)66-48-92(3)51-69-63(66)42-57(79)45-72(69)82,19-16-76(96)86-22-28-105-34-37-108-31-25-89-111(100,101)61-13-7-10-55(40-61)67-49-93(4)52-70-64(67)43-58(80)46-73(70)83)20-17-77(97)87-23-29-106-35-38-109-32-26-90-112(102,103)62-14-8-11-56(41-62)68-50-94(5)53-71-65(68)44-59(81)47-74(71)84/h6-14,39-47,66-68,88-90H,15-38,48-53H2,1-5H3,(H,85,95)(H,86,96)(H,87,97)/t66-,67-,68?/m0/s1. The van der Waals surface area contributed by atoms with E-state index in [9.17, 15) is 39.6 Å². The number of likely N-dealkylation sites (N-methyl/N-ethyl adjacent to an activating group) is 3. The second-order valence-electron chi connectivity index (χ2n) is 28.4. The molecule has 1 unspecified atom stereocenters. The number of ether oxygens (including phenoxy) is 6. The lowest BCUT2D eigenvalue weighted by atomic mass is 9.82. The molecule has 3 atom stereocenters. The van der Waals surface area contributed by atoms with Crippen LogP contribution in [-0.2, 0) is 92.5 Å². The van der Waals surface area contributed by atoms with Gasteiger partial charge in [-0.2, -0.15) is 0 Å². The van der Waals surface area contributed by atoms with Gasteiger partial charge in [0.15, 0.2) is 0 Å². The number of nitrogens with one attached hydrogen (secondary N) is 6. The average molecular weight is 1730 g/mol. The largest absolute Gasteiger partial charge is 0.378 e. The van der Waals surface area contributed by atoms with E-state index in [4.69, 9.17) is 98.0 Å². The molecule has 9 rings (SSSR count). The van der Waals surface area contributed by atoms with Gasteiger partial charge in [0, 0.05) is 151 Å².